The second-order valence-electron chi connectivity index (χ2n) is 5.80. The van der Waals surface area contributed by atoms with Crippen LogP contribution < -0.4 is 5.32 Å². The van der Waals surface area contributed by atoms with Gasteiger partial charge in [0.25, 0.3) is 0 Å². The van der Waals surface area contributed by atoms with Gasteiger partial charge in [0.1, 0.15) is 17.2 Å². The zero-order valence-corrected chi connectivity index (χ0v) is 12.5. The van der Waals surface area contributed by atoms with Gasteiger partial charge in [0.2, 0.25) is 0 Å². The molecule has 0 saturated carbocycles. The summed E-state index contributed by atoms with van der Waals surface area (Å²) in [6.45, 7) is 6.76. The number of ketones is 1. The predicted octanol–water partition coefficient (Wildman–Crippen LogP) is 3.45. The molecule has 1 amide bonds. The van der Waals surface area contributed by atoms with Gasteiger partial charge in [-0.25, -0.2) is 13.6 Å². The Bertz CT molecular complexity index is 538. The minimum Gasteiger partial charge on any atom is -0.444 e. The molecule has 0 radical (unpaired) electrons. The number of hydrogen-bond donors (Lipinski definition) is 1. The standard InChI is InChI=1S/C15H19F2NO3/c1-9(18-14(20)21-15(2,3)4)7-13(19)11-6-5-10(16)8-12(11)17/h5-6,8-9H,7H2,1-4H3,(H,18,20). The molecular formula is C15H19F2NO3. The van der Waals surface area contributed by atoms with Crippen LogP contribution in [-0.2, 0) is 4.74 Å². The van der Waals surface area contributed by atoms with Crippen LogP contribution in [0.4, 0.5) is 13.6 Å². The van der Waals surface area contributed by atoms with Gasteiger partial charge in [0, 0.05) is 18.5 Å². The van der Waals surface area contributed by atoms with Crippen molar-refractivity contribution in [1.82, 2.24) is 5.32 Å². The first-order valence-corrected chi connectivity index (χ1v) is 6.56. The number of amides is 1. The summed E-state index contributed by atoms with van der Waals surface area (Å²) < 4.78 is 31.3. The number of ether oxygens (including phenoxy) is 1. The van der Waals surface area contributed by atoms with Crippen molar-refractivity contribution in [2.24, 2.45) is 0 Å². The van der Waals surface area contributed by atoms with Crippen LogP contribution in [0.3, 0.4) is 0 Å². The zero-order valence-electron chi connectivity index (χ0n) is 12.5. The summed E-state index contributed by atoms with van der Waals surface area (Å²) in [6.07, 6.45) is -0.760. The van der Waals surface area contributed by atoms with E-state index in [0.29, 0.717) is 6.07 Å². The summed E-state index contributed by atoms with van der Waals surface area (Å²) in [4.78, 5) is 23.4. The molecule has 0 fully saturated rings. The molecule has 1 atom stereocenters. The van der Waals surface area contributed by atoms with Gasteiger partial charge in [-0.05, 0) is 39.8 Å². The molecule has 0 aliphatic rings. The first-order valence-electron chi connectivity index (χ1n) is 6.56. The highest BCUT2D eigenvalue weighted by Gasteiger charge is 2.20. The van der Waals surface area contributed by atoms with Gasteiger partial charge in [-0.1, -0.05) is 0 Å². The van der Waals surface area contributed by atoms with Crippen molar-refractivity contribution >= 4 is 11.9 Å². The SMILES string of the molecule is CC(CC(=O)c1ccc(F)cc1F)NC(=O)OC(C)(C)C. The number of rotatable bonds is 4. The monoisotopic (exact) mass is 299 g/mol. The maximum Gasteiger partial charge on any atom is 0.407 e. The summed E-state index contributed by atoms with van der Waals surface area (Å²) in [7, 11) is 0. The lowest BCUT2D eigenvalue weighted by molar-refractivity contribution is 0.0506. The van der Waals surface area contributed by atoms with Gasteiger partial charge in [0.15, 0.2) is 5.78 Å². The van der Waals surface area contributed by atoms with E-state index in [1.807, 2.05) is 0 Å². The molecule has 1 rings (SSSR count). The van der Waals surface area contributed by atoms with Crippen LogP contribution in [0.25, 0.3) is 0 Å². The number of Topliss-reactive ketones (excluding diaryl/α,β-unsaturated/α-hetero) is 1. The van der Waals surface area contributed by atoms with E-state index in [4.69, 9.17) is 4.74 Å². The van der Waals surface area contributed by atoms with E-state index in [2.05, 4.69) is 5.32 Å². The third-order valence-corrected chi connectivity index (χ3v) is 2.49. The van der Waals surface area contributed by atoms with Crippen LogP contribution in [0, 0.1) is 11.6 Å². The van der Waals surface area contributed by atoms with Gasteiger partial charge in [0.05, 0.1) is 5.56 Å². The van der Waals surface area contributed by atoms with Crippen molar-refractivity contribution in [3.8, 4) is 0 Å². The van der Waals surface area contributed by atoms with Crippen molar-refractivity contribution in [3.63, 3.8) is 0 Å². The smallest absolute Gasteiger partial charge is 0.407 e. The van der Waals surface area contributed by atoms with E-state index in [0.717, 1.165) is 12.1 Å². The summed E-state index contributed by atoms with van der Waals surface area (Å²) in [6, 6.07) is 2.23. The number of halogens is 2. The molecule has 0 heterocycles. The van der Waals surface area contributed by atoms with E-state index in [1.165, 1.54) is 0 Å². The Labute approximate surface area is 122 Å². The molecule has 1 N–H and O–H groups in total. The first-order chi connectivity index (χ1) is 9.58. The van der Waals surface area contributed by atoms with E-state index < -0.39 is 35.2 Å². The Morgan fingerprint density at radius 3 is 2.43 bits per heavy atom. The summed E-state index contributed by atoms with van der Waals surface area (Å²) in [5.74, 6) is -2.18. The van der Waals surface area contributed by atoms with Crippen LogP contribution in [0.15, 0.2) is 18.2 Å². The third-order valence-electron chi connectivity index (χ3n) is 2.49. The van der Waals surface area contributed by atoms with E-state index in [1.54, 1.807) is 27.7 Å². The largest absolute Gasteiger partial charge is 0.444 e. The molecule has 0 aliphatic heterocycles. The molecule has 0 aromatic heterocycles. The number of hydrogen-bond acceptors (Lipinski definition) is 3. The predicted molar refractivity (Wildman–Crippen MR) is 74.1 cm³/mol. The lowest BCUT2D eigenvalue weighted by Crippen LogP contribution is -2.38. The molecule has 21 heavy (non-hydrogen) atoms. The van der Waals surface area contributed by atoms with Crippen LogP contribution >= 0.6 is 0 Å². The molecule has 4 nitrogen and oxygen atoms in total. The van der Waals surface area contributed by atoms with Gasteiger partial charge in [-0.3, -0.25) is 4.79 Å². The average Bonchev–Trinajstić information content (AvgIpc) is 2.24. The summed E-state index contributed by atoms with van der Waals surface area (Å²) >= 11 is 0. The molecule has 116 valence electrons. The second kappa shape index (κ2) is 6.65. The molecule has 0 bridgehead atoms. The van der Waals surface area contributed by atoms with Crippen molar-refractivity contribution in [2.45, 2.75) is 45.8 Å². The molecular weight excluding hydrogens is 280 g/mol. The molecule has 0 saturated heterocycles. The number of carbonyl (C=O) groups excluding carboxylic acids is 2. The fraction of sp³-hybridized carbons (Fsp3) is 0.467. The lowest BCUT2D eigenvalue weighted by Gasteiger charge is -2.21. The van der Waals surface area contributed by atoms with Gasteiger partial charge < -0.3 is 10.1 Å². The summed E-state index contributed by atoms with van der Waals surface area (Å²) in [5, 5.41) is 2.49. The topological polar surface area (TPSA) is 55.4 Å². The Morgan fingerprint density at radius 2 is 1.90 bits per heavy atom. The maximum atomic E-state index is 13.5. The van der Waals surface area contributed by atoms with Gasteiger partial charge in [-0.15, -0.1) is 0 Å². The highest BCUT2D eigenvalue weighted by atomic mass is 19.1. The Hall–Kier alpha value is -1.98. The lowest BCUT2D eigenvalue weighted by atomic mass is 10.0. The highest BCUT2D eigenvalue weighted by Crippen LogP contribution is 2.13. The van der Waals surface area contributed by atoms with Gasteiger partial charge in [-0.2, -0.15) is 0 Å². The Kier molecular flexibility index (Phi) is 5.41. The maximum absolute atomic E-state index is 13.5. The van der Waals surface area contributed by atoms with Crippen molar-refractivity contribution in [2.75, 3.05) is 0 Å². The van der Waals surface area contributed by atoms with Crippen LogP contribution in [0.2, 0.25) is 0 Å². The average molecular weight is 299 g/mol. The third kappa shape index (κ3) is 5.89. The first kappa shape index (κ1) is 17.1. The Balaban J connectivity index is 2.60. The van der Waals surface area contributed by atoms with Gasteiger partial charge >= 0.3 is 6.09 Å². The molecule has 1 unspecified atom stereocenters. The van der Waals surface area contributed by atoms with Crippen LogP contribution in [-0.4, -0.2) is 23.5 Å². The molecule has 1 aromatic rings. The quantitative estimate of drug-likeness (QED) is 0.866. The Morgan fingerprint density at radius 1 is 1.29 bits per heavy atom. The van der Waals surface area contributed by atoms with Crippen molar-refractivity contribution in [1.29, 1.82) is 0 Å². The normalized spacial score (nSPS) is 12.7. The minimum absolute atomic E-state index is 0.109. The van der Waals surface area contributed by atoms with Crippen LogP contribution in [0.1, 0.15) is 44.5 Å². The van der Waals surface area contributed by atoms with E-state index >= 15 is 0 Å². The zero-order chi connectivity index (χ0) is 16.2. The fourth-order valence-corrected chi connectivity index (χ4v) is 1.66. The fourth-order valence-electron chi connectivity index (χ4n) is 1.66. The van der Waals surface area contributed by atoms with E-state index in [-0.39, 0.29) is 12.0 Å². The molecule has 1 aromatic carbocycles. The molecule has 0 aliphatic carbocycles. The minimum atomic E-state index is -0.913. The highest BCUT2D eigenvalue weighted by molar-refractivity contribution is 5.96. The number of nitrogens with one attached hydrogen (secondary N) is 1. The number of benzene rings is 1. The van der Waals surface area contributed by atoms with Crippen LogP contribution in [0.5, 0.6) is 0 Å². The van der Waals surface area contributed by atoms with Crippen molar-refractivity contribution < 1.29 is 23.1 Å². The number of carbonyl (C=O) groups is 2. The number of alkyl carbamates (subject to hydrolysis) is 1. The molecule has 6 heteroatoms. The van der Waals surface area contributed by atoms with E-state index in [9.17, 15) is 18.4 Å². The van der Waals surface area contributed by atoms with Crippen molar-refractivity contribution in [3.05, 3.63) is 35.4 Å². The second-order valence-corrected chi connectivity index (χ2v) is 5.80. The summed E-state index contributed by atoms with van der Waals surface area (Å²) in [5.41, 5.74) is -0.842. The molecule has 0 spiro atoms.